The van der Waals surface area contributed by atoms with Gasteiger partial charge >= 0.3 is 0 Å². The van der Waals surface area contributed by atoms with E-state index < -0.39 is 0 Å². The Morgan fingerprint density at radius 3 is 2.56 bits per heavy atom. The van der Waals surface area contributed by atoms with Crippen LogP contribution in [-0.2, 0) is 4.79 Å². The second-order valence-corrected chi connectivity index (χ2v) is 6.92. The third kappa shape index (κ3) is 7.17. The van der Waals surface area contributed by atoms with Crippen LogP contribution in [0.3, 0.4) is 0 Å². The van der Waals surface area contributed by atoms with Crippen molar-refractivity contribution in [1.82, 2.24) is 5.32 Å². The van der Waals surface area contributed by atoms with Gasteiger partial charge in [-0.25, -0.2) is 0 Å². The maximum Gasteiger partial charge on any atom is 0.244 e. The third-order valence-corrected chi connectivity index (χ3v) is 3.44. The van der Waals surface area contributed by atoms with Crippen LogP contribution in [0.2, 0.25) is 0 Å². The van der Waals surface area contributed by atoms with E-state index in [9.17, 15) is 4.79 Å². The molecule has 0 aliphatic heterocycles. The van der Waals surface area contributed by atoms with E-state index in [0.29, 0.717) is 6.54 Å². The van der Waals surface area contributed by atoms with Gasteiger partial charge in [0.05, 0.1) is 0 Å². The molecule has 0 bridgehead atoms. The van der Waals surface area contributed by atoms with E-state index >= 15 is 0 Å². The minimum absolute atomic E-state index is 0.0339. The molecule has 0 heterocycles. The highest BCUT2D eigenvalue weighted by atomic mass is 32.2. The van der Waals surface area contributed by atoms with Crippen LogP contribution < -0.4 is 5.32 Å². The predicted molar refractivity (Wildman–Crippen MR) is 80.7 cm³/mol. The van der Waals surface area contributed by atoms with E-state index in [0.717, 1.165) is 11.3 Å². The lowest BCUT2D eigenvalue weighted by Crippen LogP contribution is -2.25. The second kappa shape index (κ2) is 7.27. The molecule has 1 rings (SSSR count). The summed E-state index contributed by atoms with van der Waals surface area (Å²) in [5.74, 6) is 0.905. The van der Waals surface area contributed by atoms with E-state index in [4.69, 9.17) is 0 Å². The van der Waals surface area contributed by atoms with Gasteiger partial charge in [0.15, 0.2) is 0 Å². The molecule has 0 spiro atoms. The van der Waals surface area contributed by atoms with Crippen LogP contribution in [0.5, 0.6) is 0 Å². The van der Waals surface area contributed by atoms with Crippen molar-refractivity contribution in [2.24, 2.45) is 0 Å². The fraction of sp³-hybridized carbons (Fsp3) is 0.400. The van der Waals surface area contributed by atoms with Gasteiger partial charge in [0.1, 0.15) is 0 Å². The highest BCUT2D eigenvalue weighted by molar-refractivity contribution is 8.00. The van der Waals surface area contributed by atoms with Gasteiger partial charge < -0.3 is 5.32 Å². The van der Waals surface area contributed by atoms with E-state index in [-0.39, 0.29) is 10.7 Å². The van der Waals surface area contributed by atoms with Gasteiger partial charge in [0.25, 0.3) is 0 Å². The van der Waals surface area contributed by atoms with Crippen molar-refractivity contribution >= 4 is 23.7 Å². The summed E-state index contributed by atoms with van der Waals surface area (Å²) in [7, 11) is 0. The standard InChI is InChI=1S/C15H21NOS/c1-15(2,3)18-12-11-16-14(17)10-9-13-7-5-4-6-8-13/h4-10H,11-12H2,1-3H3,(H,16,17)/b10-9+. The molecule has 0 aromatic heterocycles. The highest BCUT2D eigenvalue weighted by Gasteiger charge is 2.09. The summed E-state index contributed by atoms with van der Waals surface area (Å²) in [5.41, 5.74) is 1.04. The molecule has 0 unspecified atom stereocenters. The predicted octanol–water partition coefficient (Wildman–Crippen LogP) is 3.35. The maximum atomic E-state index is 11.5. The van der Waals surface area contributed by atoms with Gasteiger partial charge in [-0.1, -0.05) is 51.1 Å². The molecule has 0 fully saturated rings. The van der Waals surface area contributed by atoms with E-state index in [2.05, 4.69) is 26.1 Å². The summed E-state index contributed by atoms with van der Waals surface area (Å²) in [6, 6.07) is 9.81. The lowest BCUT2D eigenvalue weighted by molar-refractivity contribution is -0.116. The first kappa shape index (κ1) is 14.8. The molecule has 0 aliphatic rings. The number of nitrogens with one attached hydrogen (secondary N) is 1. The Balaban J connectivity index is 2.24. The Morgan fingerprint density at radius 1 is 1.28 bits per heavy atom. The molecule has 3 heteroatoms. The number of hydrogen-bond donors (Lipinski definition) is 1. The summed E-state index contributed by atoms with van der Waals surface area (Å²) >= 11 is 1.85. The number of thioether (sulfide) groups is 1. The first-order valence-electron chi connectivity index (χ1n) is 6.12. The molecule has 1 amide bonds. The largest absolute Gasteiger partial charge is 0.352 e. The number of carbonyl (C=O) groups is 1. The zero-order valence-electron chi connectivity index (χ0n) is 11.3. The molecule has 0 saturated carbocycles. The highest BCUT2D eigenvalue weighted by Crippen LogP contribution is 2.21. The maximum absolute atomic E-state index is 11.5. The molecule has 0 saturated heterocycles. The van der Waals surface area contributed by atoms with Crippen LogP contribution in [0.25, 0.3) is 6.08 Å². The van der Waals surface area contributed by atoms with E-state index in [1.807, 2.05) is 48.2 Å². The average molecular weight is 263 g/mol. The number of carbonyl (C=O) groups excluding carboxylic acids is 1. The van der Waals surface area contributed by atoms with Gasteiger partial charge in [0, 0.05) is 23.1 Å². The number of benzene rings is 1. The topological polar surface area (TPSA) is 29.1 Å². The van der Waals surface area contributed by atoms with E-state index in [1.54, 1.807) is 6.08 Å². The summed E-state index contributed by atoms with van der Waals surface area (Å²) in [5, 5.41) is 2.88. The quantitative estimate of drug-likeness (QED) is 0.652. The van der Waals surface area contributed by atoms with Crippen LogP contribution in [0.15, 0.2) is 36.4 Å². The van der Waals surface area contributed by atoms with Crippen molar-refractivity contribution in [2.45, 2.75) is 25.5 Å². The minimum atomic E-state index is -0.0339. The SMILES string of the molecule is CC(C)(C)SCCNC(=O)/C=C/c1ccccc1. The Labute approximate surface area is 114 Å². The summed E-state index contributed by atoms with van der Waals surface area (Å²) in [4.78, 5) is 11.5. The number of amides is 1. The lowest BCUT2D eigenvalue weighted by Gasteiger charge is -2.17. The van der Waals surface area contributed by atoms with Gasteiger partial charge in [-0.05, 0) is 11.6 Å². The first-order valence-corrected chi connectivity index (χ1v) is 7.11. The minimum Gasteiger partial charge on any atom is -0.352 e. The summed E-state index contributed by atoms with van der Waals surface area (Å²) < 4.78 is 0.255. The summed E-state index contributed by atoms with van der Waals surface area (Å²) in [6.45, 7) is 7.23. The van der Waals surface area contributed by atoms with Gasteiger partial charge in [-0.3, -0.25) is 4.79 Å². The molecule has 98 valence electrons. The molecule has 1 aromatic rings. The Morgan fingerprint density at radius 2 is 1.94 bits per heavy atom. The van der Waals surface area contributed by atoms with Crippen molar-refractivity contribution < 1.29 is 4.79 Å². The second-order valence-electron chi connectivity index (χ2n) is 5.00. The summed E-state index contributed by atoms with van der Waals surface area (Å²) in [6.07, 6.45) is 3.41. The molecule has 0 atom stereocenters. The van der Waals surface area contributed by atoms with Gasteiger partial charge in [0.2, 0.25) is 5.91 Å². The normalized spacial score (nSPS) is 11.7. The molecular weight excluding hydrogens is 242 g/mol. The van der Waals surface area contributed by atoms with Crippen LogP contribution in [-0.4, -0.2) is 23.0 Å². The lowest BCUT2D eigenvalue weighted by atomic mass is 10.2. The van der Waals surface area contributed by atoms with E-state index in [1.165, 1.54) is 0 Å². The molecular formula is C15H21NOS. The zero-order chi connectivity index (χ0) is 13.4. The molecule has 18 heavy (non-hydrogen) atoms. The fourth-order valence-corrected chi connectivity index (χ4v) is 2.14. The third-order valence-electron chi connectivity index (χ3n) is 2.16. The Kier molecular flexibility index (Phi) is 5.99. The Bertz CT molecular complexity index is 393. The monoisotopic (exact) mass is 263 g/mol. The van der Waals surface area contributed by atoms with Crippen LogP contribution in [0.4, 0.5) is 0 Å². The van der Waals surface area contributed by atoms with Crippen LogP contribution in [0.1, 0.15) is 26.3 Å². The van der Waals surface area contributed by atoms with Gasteiger partial charge in [-0.15, -0.1) is 0 Å². The first-order chi connectivity index (χ1) is 8.47. The van der Waals surface area contributed by atoms with Crippen molar-refractivity contribution in [3.63, 3.8) is 0 Å². The van der Waals surface area contributed by atoms with Gasteiger partial charge in [-0.2, -0.15) is 11.8 Å². The molecule has 1 aromatic carbocycles. The van der Waals surface area contributed by atoms with Crippen molar-refractivity contribution in [1.29, 1.82) is 0 Å². The molecule has 0 radical (unpaired) electrons. The van der Waals surface area contributed by atoms with Crippen molar-refractivity contribution in [3.05, 3.63) is 42.0 Å². The molecule has 0 aliphatic carbocycles. The van der Waals surface area contributed by atoms with Crippen LogP contribution >= 0.6 is 11.8 Å². The fourth-order valence-electron chi connectivity index (χ4n) is 1.33. The number of rotatable bonds is 5. The zero-order valence-corrected chi connectivity index (χ0v) is 12.1. The number of hydrogen-bond acceptors (Lipinski definition) is 2. The Hall–Kier alpha value is -1.22. The van der Waals surface area contributed by atoms with Crippen molar-refractivity contribution in [3.8, 4) is 0 Å². The van der Waals surface area contributed by atoms with Crippen LogP contribution in [0, 0.1) is 0 Å². The van der Waals surface area contributed by atoms with Crippen molar-refractivity contribution in [2.75, 3.05) is 12.3 Å². The average Bonchev–Trinajstić information content (AvgIpc) is 2.32. The smallest absolute Gasteiger partial charge is 0.244 e. The molecule has 2 nitrogen and oxygen atoms in total. The molecule has 1 N–H and O–H groups in total.